The highest BCUT2D eigenvalue weighted by Crippen LogP contribution is 2.45. The Morgan fingerprint density at radius 3 is 1.88 bits per heavy atom. The van der Waals surface area contributed by atoms with Crippen LogP contribution in [0.1, 0.15) is 22.3 Å². The molecule has 0 bridgehead atoms. The highest BCUT2D eigenvalue weighted by molar-refractivity contribution is 6.38. The third-order valence-electron chi connectivity index (χ3n) is 7.76. The van der Waals surface area contributed by atoms with Gasteiger partial charge in [-0.05, 0) is 46.5 Å². The van der Waals surface area contributed by atoms with Gasteiger partial charge in [0.2, 0.25) is 0 Å². The molecule has 7 rings (SSSR count). The van der Waals surface area contributed by atoms with E-state index in [1.807, 2.05) is 36.4 Å². The van der Waals surface area contributed by atoms with Gasteiger partial charge in [0.05, 0.1) is 18.3 Å². The molecule has 2 aromatic heterocycles. The number of aliphatic imine (C=N–C) groups is 1. The number of hydrogen-bond acceptors (Lipinski definition) is 5. The number of ether oxygens (including phenoxy) is 1. The lowest BCUT2D eigenvalue weighted by Gasteiger charge is -2.37. The van der Waals surface area contributed by atoms with E-state index >= 15 is 0 Å². The number of aromatic nitrogens is 3. The minimum atomic E-state index is -0.799. The maximum Gasteiger partial charge on any atom is 0.352 e. The Hall–Kier alpha value is -5.36. The molecular weight excluding hydrogens is 508 g/mol. The Kier molecular flexibility index (Phi) is 6.01. The van der Waals surface area contributed by atoms with Gasteiger partial charge >= 0.3 is 5.97 Å². The fraction of sp³-hybridized carbons (Fsp3) is 0.0857. The Morgan fingerprint density at radius 1 is 0.780 bits per heavy atom. The fourth-order valence-electron chi connectivity index (χ4n) is 5.92. The molecule has 0 fully saturated rings. The Balaban J connectivity index is 1.62. The van der Waals surface area contributed by atoms with Crippen molar-refractivity contribution in [1.29, 1.82) is 0 Å². The summed E-state index contributed by atoms with van der Waals surface area (Å²) >= 11 is 0. The number of hydrogen-bond donors (Lipinski definition) is 0. The van der Waals surface area contributed by atoms with Crippen LogP contribution in [0.2, 0.25) is 0 Å². The summed E-state index contributed by atoms with van der Waals surface area (Å²) in [7, 11) is 1.39. The van der Waals surface area contributed by atoms with Crippen molar-refractivity contribution in [3.8, 4) is 11.3 Å². The summed E-state index contributed by atoms with van der Waals surface area (Å²) in [5.41, 5.74) is 7.27. The number of esters is 1. The Morgan fingerprint density at radius 2 is 1.34 bits per heavy atom. The maximum absolute atomic E-state index is 12.4. The van der Waals surface area contributed by atoms with Crippen LogP contribution in [0.5, 0.6) is 0 Å². The molecule has 0 atom stereocenters. The third-order valence-corrected chi connectivity index (χ3v) is 7.76. The molecule has 0 spiro atoms. The molecule has 0 N–H and O–H groups in total. The van der Waals surface area contributed by atoms with Crippen molar-refractivity contribution in [2.75, 3.05) is 7.11 Å². The number of carbonyl (C=O) groups excluding carboxylic acids is 1. The van der Waals surface area contributed by atoms with Crippen LogP contribution in [0, 0.1) is 0 Å². The van der Waals surface area contributed by atoms with E-state index in [1.165, 1.54) is 7.11 Å². The lowest BCUT2D eigenvalue weighted by Crippen LogP contribution is -2.38. The molecular formula is C35H26N4O2. The number of carbonyl (C=O) groups is 1. The highest BCUT2D eigenvalue weighted by atomic mass is 16.5. The van der Waals surface area contributed by atoms with Gasteiger partial charge in [0.15, 0.2) is 0 Å². The second-order valence-electron chi connectivity index (χ2n) is 10.0. The van der Waals surface area contributed by atoms with Crippen LogP contribution in [0.15, 0.2) is 133 Å². The number of pyridine rings is 1. The van der Waals surface area contributed by atoms with Crippen molar-refractivity contribution >= 4 is 28.3 Å². The zero-order chi connectivity index (χ0) is 27.8. The summed E-state index contributed by atoms with van der Waals surface area (Å²) < 4.78 is 7.14. The molecule has 6 nitrogen and oxygen atoms in total. The topological polar surface area (TPSA) is 69.4 Å². The van der Waals surface area contributed by atoms with Gasteiger partial charge in [-0.1, -0.05) is 91.0 Å². The quantitative estimate of drug-likeness (QED) is 0.175. The van der Waals surface area contributed by atoms with Crippen LogP contribution < -0.4 is 0 Å². The van der Waals surface area contributed by atoms with Crippen molar-refractivity contribution in [1.82, 2.24) is 14.8 Å². The number of nitrogens with zero attached hydrogens (tertiary/aromatic N) is 4. The third kappa shape index (κ3) is 3.95. The predicted octanol–water partition coefficient (Wildman–Crippen LogP) is 6.74. The van der Waals surface area contributed by atoms with Crippen LogP contribution in [-0.2, 0) is 21.5 Å². The van der Waals surface area contributed by atoms with Crippen molar-refractivity contribution < 1.29 is 9.53 Å². The summed E-state index contributed by atoms with van der Waals surface area (Å²) in [6, 6.07) is 39.6. The van der Waals surface area contributed by atoms with Gasteiger partial charge in [-0.15, -0.1) is 0 Å². The number of benzene rings is 4. The van der Waals surface area contributed by atoms with Crippen molar-refractivity contribution in [3.05, 3.63) is 150 Å². The van der Waals surface area contributed by atoms with Gasteiger partial charge < -0.3 is 4.74 Å². The van der Waals surface area contributed by atoms with E-state index in [1.54, 1.807) is 12.4 Å². The van der Waals surface area contributed by atoms with E-state index in [9.17, 15) is 4.79 Å². The summed E-state index contributed by atoms with van der Waals surface area (Å²) in [5.74, 6) is -0.409. The number of fused-ring (bicyclic) bond motifs is 2. The smallest absolute Gasteiger partial charge is 0.352 e. The van der Waals surface area contributed by atoms with Crippen LogP contribution >= 0.6 is 0 Å². The minimum absolute atomic E-state index is 0.403. The van der Waals surface area contributed by atoms with Crippen molar-refractivity contribution in [2.45, 2.75) is 12.0 Å². The molecule has 1 aliphatic heterocycles. The molecule has 0 unspecified atom stereocenters. The first kappa shape index (κ1) is 24.7. The molecule has 6 aromatic rings. The summed E-state index contributed by atoms with van der Waals surface area (Å²) in [6.07, 6.45) is 3.96. The van der Waals surface area contributed by atoms with Crippen LogP contribution in [0.4, 0.5) is 5.69 Å². The lowest BCUT2D eigenvalue weighted by atomic mass is 9.77. The van der Waals surface area contributed by atoms with Crippen LogP contribution in [0.25, 0.3) is 22.2 Å². The second kappa shape index (κ2) is 9.99. The molecule has 0 saturated carbocycles. The first-order valence-electron chi connectivity index (χ1n) is 13.5. The van der Waals surface area contributed by atoms with Crippen molar-refractivity contribution in [3.63, 3.8) is 0 Å². The number of rotatable bonds is 6. The molecule has 6 heteroatoms. The lowest BCUT2D eigenvalue weighted by molar-refractivity contribution is -0.132. The van der Waals surface area contributed by atoms with Gasteiger partial charge in [0.1, 0.15) is 16.9 Å². The molecule has 0 saturated heterocycles. The average Bonchev–Trinajstić information content (AvgIpc) is 3.63. The highest BCUT2D eigenvalue weighted by Gasteiger charge is 2.41. The van der Waals surface area contributed by atoms with Gasteiger partial charge in [-0.25, -0.2) is 14.5 Å². The standard InChI is InChI=1S/C35H26N4O2/c1-41-34(40)31-21-25-22-32-29(23-30(25)37-31)33(24-17-19-36-20-18-24)38-39(32)35(26-11-5-2-6-12-26,27-13-7-3-8-14-27)28-15-9-4-10-16-28/h2-20,22-23H,21H2,1H3. The zero-order valence-electron chi connectivity index (χ0n) is 22.4. The molecule has 0 radical (unpaired) electrons. The second-order valence-corrected chi connectivity index (χ2v) is 10.0. The summed E-state index contributed by atoms with van der Waals surface area (Å²) in [5, 5.41) is 6.36. The Labute approximate surface area is 237 Å². The molecule has 4 aromatic carbocycles. The van der Waals surface area contributed by atoms with Gasteiger partial charge in [-0.3, -0.25) is 4.98 Å². The summed E-state index contributed by atoms with van der Waals surface area (Å²) in [4.78, 5) is 21.3. The normalized spacial score (nSPS) is 12.7. The van der Waals surface area contributed by atoms with E-state index in [0.717, 1.165) is 50.1 Å². The summed E-state index contributed by atoms with van der Waals surface area (Å²) in [6.45, 7) is 0. The minimum Gasteiger partial charge on any atom is -0.465 e. The molecule has 0 amide bonds. The van der Waals surface area contributed by atoms with Crippen LogP contribution in [-0.4, -0.2) is 33.6 Å². The number of methoxy groups -OCH3 is 1. The first-order chi connectivity index (χ1) is 20.2. The Bertz CT molecular complexity index is 1800. The molecule has 0 aliphatic carbocycles. The van der Waals surface area contributed by atoms with Gasteiger partial charge in [0.25, 0.3) is 0 Å². The fourth-order valence-corrected chi connectivity index (χ4v) is 5.92. The van der Waals surface area contributed by atoms with E-state index in [2.05, 4.69) is 93.5 Å². The SMILES string of the molecule is COC(=O)C1=Nc2cc3c(-c4ccncc4)nn(C(c4ccccc4)(c4ccccc4)c4ccccc4)c3cc2C1. The maximum atomic E-state index is 12.4. The van der Waals surface area contributed by atoms with E-state index in [-0.39, 0.29) is 0 Å². The zero-order valence-corrected chi connectivity index (χ0v) is 22.4. The van der Waals surface area contributed by atoms with Crippen molar-refractivity contribution in [2.24, 2.45) is 4.99 Å². The molecule has 3 heterocycles. The van der Waals surface area contributed by atoms with Crippen LogP contribution in [0.3, 0.4) is 0 Å². The van der Waals surface area contributed by atoms with E-state index in [4.69, 9.17) is 9.84 Å². The van der Waals surface area contributed by atoms with E-state index < -0.39 is 11.5 Å². The predicted molar refractivity (Wildman–Crippen MR) is 160 cm³/mol. The average molecular weight is 535 g/mol. The largest absolute Gasteiger partial charge is 0.465 e. The van der Waals surface area contributed by atoms with E-state index in [0.29, 0.717) is 12.1 Å². The molecule has 41 heavy (non-hydrogen) atoms. The monoisotopic (exact) mass is 534 g/mol. The van der Waals surface area contributed by atoms with Gasteiger partial charge in [-0.2, -0.15) is 5.10 Å². The molecule has 198 valence electrons. The first-order valence-corrected chi connectivity index (χ1v) is 13.5. The molecule has 1 aliphatic rings. The van der Waals surface area contributed by atoms with Gasteiger partial charge in [0, 0.05) is 29.8 Å².